The Hall–Kier alpha value is 0.0500. The van der Waals surface area contributed by atoms with E-state index in [1.54, 1.807) is 0 Å². The van der Waals surface area contributed by atoms with E-state index in [0.717, 1.165) is 0 Å². The molecule has 0 fully saturated rings. The van der Waals surface area contributed by atoms with Gasteiger partial charge in [-0.15, -0.1) is 0 Å². The summed E-state index contributed by atoms with van der Waals surface area (Å²) in [6, 6.07) is 0. The van der Waals surface area contributed by atoms with Crippen molar-refractivity contribution in [1.82, 2.24) is 0 Å². The molecule has 0 atom stereocenters. The zero-order valence-corrected chi connectivity index (χ0v) is 12.4. The minimum Gasteiger partial charge on any atom is -0.333 e. The van der Waals surface area contributed by atoms with Gasteiger partial charge < -0.3 is 5.73 Å². The molecule has 1 rings (SSSR count). The van der Waals surface area contributed by atoms with Gasteiger partial charge in [-0.25, -0.2) is 0 Å². The van der Waals surface area contributed by atoms with Gasteiger partial charge in [0, 0.05) is 11.5 Å². The highest BCUT2D eigenvalue weighted by Crippen LogP contribution is 2.34. The van der Waals surface area contributed by atoms with Crippen molar-refractivity contribution in [3.63, 3.8) is 0 Å². The average molecular weight is 231 g/mol. The van der Waals surface area contributed by atoms with Crippen molar-refractivity contribution in [2.75, 3.05) is 18.6 Å². The van der Waals surface area contributed by atoms with Crippen LogP contribution in [0.5, 0.6) is 0 Å². The molecule has 2 N–H and O–H groups in total. The molecule has 0 unspecified atom stereocenters. The quantitative estimate of drug-likeness (QED) is 0.639. The van der Waals surface area contributed by atoms with Crippen LogP contribution in [0, 0.1) is 10.8 Å². The number of allylic oxidation sites excluding steroid dienone is 2. The predicted octanol–water partition coefficient (Wildman–Crippen LogP) is 3.94. The van der Waals surface area contributed by atoms with Crippen molar-refractivity contribution >= 4 is 11.8 Å². The molecule has 0 aliphatic carbocycles. The van der Waals surface area contributed by atoms with Crippen molar-refractivity contribution in [2.45, 2.75) is 41.5 Å². The third kappa shape index (κ3) is 9.01. The van der Waals surface area contributed by atoms with Gasteiger partial charge in [-0.3, -0.25) is 0 Å². The van der Waals surface area contributed by atoms with Crippen LogP contribution in [0.2, 0.25) is 0 Å². The highest BCUT2D eigenvalue weighted by Gasteiger charge is 2.23. The van der Waals surface area contributed by atoms with Crippen molar-refractivity contribution in [3.8, 4) is 0 Å². The molecule has 92 valence electrons. The standard InChI is InChI=1S/C10H18S.C2H6.CH5N/c1-9(2)5-6-10(3,4)8-11-7-9;2*1-2/h5-6H,7-8H2,1-4H3;1-2H3;2H2,1H3. The second-order valence-electron chi connectivity index (χ2n) is 4.80. The maximum absolute atomic E-state index is 4.50. The Bertz CT molecular complexity index is 153. The van der Waals surface area contributed by atoms with Gasteiger partial charge in [-0.2, -0.15) is 11.8 Å². The lowest BCUT2D eigenvalue weighted by Crippen LogP contribution is -2.09. The van der Waals surface area contributed by atoms with E-state index in [2.05, 4.69) is 57.3 Å². The maximum atomic E-state index is 4.50. The molecule has 1 heterocycles. The van der Waals surface area contributed by atoms with Gasteiger partial charge in [-0.1, -0.05) is 53.7 Å². The molecule has 0 radical (unpaired) electrons. The van der Waals surface area contributed by atoms with Gasteiger partial charge in [0.1, 0.15) is 0 Å². The highest BCUT2D eigenvalue weighted by molar-refractivity contribution is 7.99. The summed E-state index contributed by atoms with van der Waals surface area (Å²) in [5.41, 5.74) is 5.30. The van der Waals surface area contributed by atoms with Crippen molar-refractivity contribution in [3.05, 3.63) is 12.2 Å². The lowest BCUT2D eigenvalue weighted by atomic mass is 9.89. The van der Waals surface area contributed by atoms with Crippen LogP contribution in [0.1, 0.15) is 41.5 Å². The molecule has 0 aromatic carbocycles. The van der Waals surface area contributed by atoms with Gasteiger partial charge in [0.05, 0.1) is 0 Å². The maximum Gasteiger partial charge on any atom is 0.00189 e. The summed E-state index contributed by atoms with van der Waals surface area (Å²) in [5, 5.41) is 0. The molecule has 1 nitrogen and oxygen atoms in total. The Balaban J connectivity index is 0. The van der Waals surface area contributed by atoms with Crippen molar-refractivity contribution in [2.24, 2.45) is 16.6 Å². The molecule has 15 heavy (non-hydrogen) atoms. The van der Waals surface area contributed by atoms with Gasteiger partial charge in [-0.05, 0) is 17.9 Å². The van der Waals surface area contributed by atoms with Gasteiger partial charge >= 0.3 is 0 Å². The second kappa shape index (κ2) is 8.23. The smallest absolute Gasteiger partial charge is 0.00189 e. The third-order valence-corrected chi connectivity index (χ3v) is 3.83. The number of rotatable bonds is 0. The first kappa shape index (κ1) is 17.4. The Morgan fingerprint density at radius 1 is 0.867 bits per heavy atom. The molecule has 0 saturated carbocycles. The molecule has 0 amide bonds. The first-order chi connectivity index (χ1) is 6.91. The number of thioether (sulfide) groups is 1. The van der Waals surface area contributed by atoms with Crippen LogP contribution in [0.15, 0.2) is 12.2 Å². The minimum atomic E-state index is 0.401. The highest BCUT2D eigenvalue weighted by atomic mass is 32.2. The van der Waals surface area contributed by atoms with Crippen LogP contribution in [0.25, 0.3) is 0 Å². The number of nitrogens with two attached hydrogens (primary N) is 1. The summed E-state index contributed by atoms with van der Waals surface area (Å²) < 4.78 is 0. The number of hydrogen-bond donors (Lipinski definition) is 1. The second-order valence-corrected chi connectivity index (χ2v) is 5.79. The van der Waals surface area contributed by atoms with Gasteiger partial charge in [0.15, 0.2) is 0 Å². The molecule has 1 aliphatic heterocycles. The van der Waals surface area contributed by atoms with Gasteiger partial charge in [0.2, 0.25) is 0 Å². The molecule has 1 aliphatic rings. The molecule has 0 bridgehead atoms. The summed E-state index contributed by atoms with van der Waals surface area (Å²) >= 11 is 2.07. The molecule has 2 heteroatoms. The summed E-state index contributed by atoms with van der Waals surface area (Å²) in [7, 11) is 1.50. The van der Waals surface area contributed by atoms with E-state index in [-0.39, 0.29) is 0 Å². The molecular weight excluding hydrogens is 202 g/mol. The Morgan fingerprint density at radius 3 is 1.40 bits per heavy atom. The third-order valence-electron chi connectivity index (χ3n) is 1.93. The SMILES string of the molecule is CC.CC1(C)C=CC(C)(C)CSC1.CN. The van der Waals surface area contributed by atoms with Crippen LogP contribution in [-0.4, -0.2) is 18.6 Å². The topological polar surface area (TPSA) is 26.0 Å². The first-order valence-electron chi connectivity index (χ1n) is 5.77. The lowest BCUT2D eigenvalue weighted by Gasteiger charge is -2.17. The van der Waals surface area contributed by atoms with Gasteiger partial charge in [0.25, 0.3) is 0 Å². The van der Waals surface area contributed by atoms with E-state index in [4.69, 9.17) is 0 Å². The average Bonchev–Trinajstić information content (AvgIpc) is 2.32. The normalized spacial score (nSPS) is 21.3. The van der Waals surface area contributed by atoms with Crippen LogP contribution < -0.4 is 5.73 Å². The summed E-state index contributed by atoms with van der Waals surface area (Å²) in [4.78, 5) is 0. The first-order valence-corrected chi connectivity index (χ1v) is 6.93. The van der Waals surface area contributed by atoms with Crippen LogP contribution in [0.4, 0.5) is 0 Å². The zero-order valence-electron chi connectivity index (χ0n) is 11.6. The van der Waals surface area contributed by atoms with E-state index in [1.807, 2.05) is 13.8 Å². The fourth-order valence-corrected chi connectivity index (χ4v) is 2.47. The Kier molecular flexibility index (Phi) is 9.57. The fourth-order valence-electron chi connectivity index (χ4n) is 1.12. The summed E-state index contributed by atoms with van der Waals surface area (Å²) in [6.07, 6.45) is 4.74. The van der Waals surface area contributed by atoms with E-state index < -0.39 is 0 Å². The molecule has 0 aromatic rings. The Labute approximate surface area is 101 Å². The fraction of sp³-hybridized carbons (Fsp3) is 0.846. The van der Waals surface area contributed by atoms with E-state index in [0.29, 0.717) is 10.8 Å². The molecule has 0 saturated heterocycles. The Morgan fingerprint density at radius 2 is 1.13 bits per heavy atom. The summed E-state index contributed by atoms with van der Waals surface area (Å²) in [6.45, 7) is 13.2. The van der Waals surface area contributed by atoms with Crippen LogP contribution >= 0.6 is 11.8 Å². The van der Waals surface area contributed by atoms with Crippen molar-refractivity contribution < 1.29 is 0 Å². The minimum absolute atomic E-state index is 0.401. The molecule has 0 aromatic heterocycles. The zero-order chi connectivity index (χ0) is 12.5. The number of hydrogen-bond acceptors (Lipinski definition) is 2. The van der Waals surface area contributed by atoms with Crippen LogP contribution in [-0.2, 0) is 0 Å². The lowest BCUT2D eigenvalue weighted by molar-refractivity contribution is 0.531. The monoisotopic (exact) mass is 231 g/mol. The summed E-state index contributed by atoms with van der Waals surface area (Å²) in [5.74, 6) is 2.51. The van der Waals surface area contributed by atoms with E-state index in [9.17, 15) is 0 Å². The van der Waals surface area contributed by atoms with E-state index in [1.165, 1.54) is 18.6 Å². The van der Waals surface area contributed by atoms with Crippen molar-refractivity contribution in [1.29, 1.82) is 0 Å². The van der Waals surface area contributed by atoms with Crippen LogP contribution in [0.3, 0.4) is 0 Å². The molecule has 0 spiro atoms. The predicted molar refractivity (Wildman–Crippen MR) is 75.5 cm³/mol. The largest absolute Gasteiger partial charge is 0.333 e. The van der Waals surface area contributed by atoms with E-state index >= 15 is 0 Å². The molecular formula is C13H29NS.